The van der Waals surface area contributed by atoms with Crippen LogP contribution >= 0.6 is 0 Å². The first-order valence-corrected chi connectivity index (χ1v) is 11.7. The number of hydrogen-bond acceptors (Lipinski definition) is 6. The van der Waals surface area contributed by atoms with Gasteiger partial charge in [0.25, 0.3) is 0 Å². The van der Waals surface area contributed by atoms with Gasteiger partial charge in [0.1, 0.15) is 6.10 Å². The summed E-state index contributed by atoms with van der Waals surface area (Å²) in [6.07, 6.45) is 5.33. The average Bonchev–Trinajstić information content (AvgIpc) is 3.24. The summed E-state index contributed by atoms with van der Waals surface area (Å²) in [5.74, 6) is 3.79. The van der Waals surface area contributed by atoms with Crippen molar-refractivity contribution in [2.75, 3.05) is 39.8 Å². The van der Waals surface area contributed by atoms with Crippen molar-refractivity contribution in [2.24, 2.45) is 16.8 Å². The second-order valence-corrected chi connectivity index (χ2v) is 8.88. The molecule has 1 aliphatic heterocycles. The minimum absolute atomic E-state index is 0.157. The number of hydrogen-bond donors (Lipinski definition) is 1. The predicted octanol–water partition coefficient (Wildman–Crippen LogP) is 3.07. The molecule has 1 atom stereocenters. The minimum atomic E-state index is -0.157. The maximum atomic E-state index is 5.52. The Morgan fingerprint density at radius 2 is 1.87 bits per heavy atom. The molecule has 2 aliphatic rings. The molecule has 1 saturated heterocycles. The van der Waals surface area contributed by atoms with Crippen molar-refractivity contribution in [3.8, 4) is 0 Å². The summed E-state index contributed by atoms with van der Waals surface area (Å²) in [4.78, 5) is 13.9. The van der Waals surface area contributed by atoms with Crippen LogP contribution in [0.5, 0.6) is 0 Å². The van der Waals surface area contributed by atoms with Crippen molar-refractivity contribution in [3.05, 3.63) is 11.7 Å². The summed E-state index contributed by atoms with van der Waals surface area (Å²) >= 11 is 0. The van der Waals surface area contributed by atoms with E-state index in [1.807, 2.05) is 20.9 Å². The molecule has 1 aromatic heterocycles. The lowest BCUT2D eigenvalue weighted by Gasteiger charge is -2.43. The van der Waals surface area contributed by atoms with E-state index in [0.29, 0.717) is 24.9 Å². The third kappa shape index (κ3) is 5.94. The molecule has 30 heavy (non-hydrogen) atoms. The highest BCUT2D eigenvalue weighted by Gasteiger charge is 2.30. The van der Waals surface area contributed by atoms with Gasteiger partial charge in [-0.2, -0.15) is 4.98 Å². The normalized spacial score (nSPS) is 25.0. The zero-order chi connectivity index (χ0) is 21.5. The highest BCUT2D eigenvalue weighted by Crippen LogP contribution is 2.32. The van der Waals surface area contributed by atoms with Crippen LogP contribution in [-0.4, -0.2) is 71.8 Å². The largest absolute Gasteiger partial charge is 0.371 e. The Bertz CT molecular complexity index is 660. The van der Waals surface area contributed by atoms with Gasteiger partial charge in [-0.1, -0.05) is 19.0 Å². The Morgan fingerprint density at radius 3 is 2.47 bits per heavy atom. The highest BCUT2D eigenvalue weighted by atomic mass is 16.5. The van der Waals surface area contributed by atoms with Crippen LogP contribution in [0.25, 0.3) is 0 Å². The molecule has 1 saturated carbocycles. The molecule has 1 N–H and O–H groups in total. The number of nitrogens with zero attached hydrogens (tertiary/aromatic N) is 5. The van der Waals surface area contributed by atoms with Gasteiger partial charge in [-0.15, -0.1) is 0 Å². The zero-order valence-electron chi connectivity index (χ0n) is 19.4. The fourth-order valence-electron chi connectivity index (χ4n) is 4.75. The first-order chi connectivity index (χ1) is 14.5. The number of ether oxygens (including phenoxy) is 1. The van der Waals surface area contributed by atoms with E-state index in [2.05, 4.69) is 44.1 Å². The molecule has 1 unspecified atom stereocenters. The lowest BCUT2D eigenvalue weighted by atomic mass is 9.79. The third-order valence-electron chi connectivity index (χ3n) is 6.69. The first kappa shape index (κ1) is 23.0. The maximum absolute atomic E-state index is 5.52. The summed E-state index contributed by atoms with van der Waals surface area (Å²) in [7, 11) is 1.83. The van der Waals surface area contributed by atoms with E-state index in [1.54, 1.807) is 0 Å². The fourth-order valence-corrected chi connectivity index (χ4v) is 4.75. The summed E-state index contributed by atoms with van der Waals surface area (Å²) in [6, 6.07) is 0.765. The summed E-state index contributed by atoms with van der Waals surface area (Å²) in [6.45, 7) is 13.9. The smallest absolute Gasteiger partial charge is 0.246 e. The van der Waals surface area contributed by atoms with Crippen molar-refractivity contribution < 1.29 is 9.26 Å². The van der Waals surface area contributed by atoms with Gasteiger partial charge in [-0.05, 0) is 51.4 Å². The Balaban J connectivity index is 1.43. The predicted molar refractivity (Wildman–Crippen MR) is 118 cm³/mol. The molecular formula is C22H40N6O2. The SMILES string of the molecule is CCOC(C)c1noc(CNC(=NC)N2CCN(C3CCC(C(C)C)CC3)CC2)n1. The Kier molecular flexibility index (Phi) is 8.50. The van der Waals surface area contributed by atoms with Gasteiger partial charge in [0, 0.05) is 45.9 Å². The molecule has 8 heteroatoms. The van der Waals surface area contributed by atoms with Gasteiger partial charge >= 0.3 is 0 Å². The molecule has 1 aromatic rings. The van der Waals surface area contributed by atoms with Gasteiger partial charge in [0.05, 0.1) is 6.54 Å². The molecule has 2 heterocycles. The van der Waals surface area contributed by atoms with Gasteiger partial charge in [0.2, 0.25) is 5.89 Å². The number of piperazine rings is 1. The number of nitrogens with one attached hydrogen (secondary N) is 1. The summed E-state index contributed by atoms with van der Waals surface area (Å²) in [5, 5.41) is 7.39. The molecule has 170 valence electrons. The van der Waals surface area contributed by atoms with Gasteiger partial charge in [-0.25, -0.2) is 0 Å². The maximum Gasteiger partial charge on any atom is 0.246 e. The van der Waals surface area contributed by atoms with Crippen LogP contribution in [0, 0.1) is 11.8 Å². The van der Waals surface area contributed by atoms with Crippen molar-refractivity contribution in [3.63, 3.8) is 0 Å². The lowest BCUT2D eigenvalue weighted by Crippen LogP contribution is -2.55. The Morgan fingerprint density at radius 1 is 1.17 bits per heavy atom. The molecule has 2 fully saturated rings. The Labute approximate surface area is 181 Å². The van der Waals surface area contributed by atoms with Crippen molar-refractivity contribution in [1.82, 2.24) is 25.3 Å². The number of rotatable bonds is 7. The molecule has 0 bridgehead atoms. The van der Waals surface area contributed by atoms with Crippen LogP contribution in [0.2, 0.25) is 0 Å². The molecule has 0 radical (unpaired) electrons. The topological polar surface area (TPSA) is 79.0 Å². The minimum Gasteiger partial charge on any atom is -0.371 e. The monoisotopic (exact) mass is 420 g/mol. The van der Waals surface area contributed by atoms with Crippen LogP contribution in [0.4, 0.5) is 0 Å². The van der Waals surface area contributed by atoms with Crippen LogP contribution in [0.3, 0.4) is 0 Å². The van der Waals surface area contributed by atoms with Crippen molar-refractivity contribution in [1.29, 1.82) is 0 Å². The molecule has 3 rings (SSSR count). The molecule has 8 nitrogen and oxygen atoms in total. The van der Waals surface area contributed by atoms with Gasteiger partial charge in [0.15, 0.2) is 11.8 Å². The van der Waals surface area contributed by atoms with Crippen LogP contribution < -0.4 is 5.32 Å². The second kappa shape index (κ2) is 11.1. The molecule has 0 amide bonds. The molecular weight excluding hydrogens is 380 g/mol. The van der Waals surface area contributed by atoms with Crippen molar-refractivity contribution >= 4 is 5.96 Å². The van der Waals surface area contributed by atoms with E-state index in [0.717, 1.165) is 50.0 Å². The third-order valence-corrected chi connectivity index (χ3v) is 6.69. The number of guanidine groups is 1. The van der Waals surface area contributed by atoms with Crippen molar-refractivity contribution in [2.45, 2.75) is 72.1 Å². The van der Waals surface area contributed by atoms with E-state index >= 15 is 0 Å². The highest BCUT2D eigenvalue weighted by molar-refractivity contribution is 5.79. The quantitative estimate of drug-likeness (QED) is 0.536. The first-order valence-electron chi connectivity index (χ1n) is 11.7. The van der Waals surface area contributed by atoms with E-state index in [4.69, 9.17) is 9.26 Å². The lowest BCUT2D eigenvalue weighted by molar-refractivity contribution is 0.0683. The fraction of sp³-hybridized carbons (Fsp3) is 0.864. The van der Waals surface area contributed by atoms with Gasteiger partial charge in [-0.3, -0.25) is 9.89 Å². The second-order valence-electron chi connectivity index (χ2n) is 8.88. The van der Waals surface area contributed by atoms with E-state index in [-0.39, 0.29) is 6.10 Å². The van der Waals surface area contributed by atoms with Crippen LogP contribution in [-0.2, 0) is 11.3 Å². The summed E-state index contributed by atoms with van der Waals surface area (Å²) in [5.41, 5.74) is 0. The van der Waals surface area contributed by atoms with E-state index in [1.165, 1.54) is 25.7 Å². The molecule has 1 aliphatic carbocycles. The Hall–Kier alpha value is -1.67. The van der Waals surface area contributed by atoms with E-state index in [9.17, 15) is 0 Å². The molecule has 0 spiro atoms. The van der Waals surface area contributed by atoms with Gasteiger partial charge < -0.3 is 19.5 Å². The zero-order valence-corrected chi connectivity index (χ0v) is 19.4. The molecule has 0 aromatic carbocycles. The average molecular weight is 421 g/mol. The van der Waals surface area contributed by atoms with E-state index < -0.39 is 0 Å². The van der Waals surface area contributed by atoms with Crippen LogP contribution in [0.1, 0.15) is 71.2 Å². The summed E-state index contributed by atoms with van der Waals surface area (Å²) < 4.78 is 10.9. The standard InChI is InChI=1S/C22H40N6O2/c1-6-29-17(4)21-25-20(30-26-21)15-24-22(23-5)28-13-11-27(12-14-28)19-9-7-18(8-10-19)16(2)3/h16-19H,6-15H2,1-5H3,(H,23,24). The van der Waals surface area contributed by atoms with Crippen LogP contribution in [0.15, 0.2) is 9.52 Å². The number of aliphatic imine (C=N–C) groups is 1. The number of aromatic nitrogens is 2.